The highest BCUT2D eigenvalue weighted by Crippen LogP contribution is 2.54. The highest BCUT2D eigenvalue weighted by Gasteiger charge is 2.61. The van der Waals surface area contributed by atoms with Crippen LogP contribution in [0.25, 0.3) is 0 Å². The molecular formula is C45H60FN5O9S. The molecule has 3 N–H and O–H groups in total. The minimum absolute atomic E-state index is 0.0327. The number of hydrogen-bond donors (Lipinski definition) is 3. The van der Waals surface area contributed by atoms with Crippen molar-refractivity contribution in [3.05, 3.63) is 105 Å². The molecule has 16 heteroatoms. The zero-order valence-corrected chi connectivity index (χ0v) is 37.3. The van der Waals surface area contributed by atoms with Crippen LogP contribution in [0.5, 0.6) is 0 Å². The zero-order valence-electron chi connectivity index (χ0n) is 36.5. The quantitative estimate of drug-likeness (QED) is 0.0954. The highest BCUT2D eigenvalue weighted by molar-refractivity contribution is 7.89. The van der Waals surface area contributed by atoms with Crippen LogP contribution in [0.15, 0.2) is 77.7 Å². The number of ether oxygens (including phenoxy) is 1. The zero-order chi connectivity index (χ0) is 45.3. The summed E-state index contributed by atoms with van der Waals surface area (Å²) in [6, 6.07) is 17.6. The molecule has 0 bridgehead atoms. The molecule has 3 aromatic carbocycles. The molecular weight excluding hydrogens is 806 g/mol. The maximum Gasteiger partial charge on any atom is 0.411 e. The van der Waals surface area contributed by atoms with Crippen LogP contribution in [0.1, 0.15) is 104 Å². The Morgan fingerprint density at radius 3 is 2.20 bits per heavy atom. The first-order chi connectivity index (χ1) is 28.3. The number of sulfonamides is 1. The number of nitrogens with zero attached hydrogens (tertiary/aromatic N) is 3. The van der Waals surface area contributed by atoms with Crippen LogP contribution in [-0.2, 0) is 29.9 Å². The van der Waals surface area contributed by atoms with E-state index >= 15 is 0 Å². The van der Waals surface area contributed by atoms with Crippen molar-refractivity contribution in [2.75, 3.05) is 19.6 Å². The number of hydrogen-bond acceptors (Lipinski definition) is 9. The van der Waals surface area contributed by atoms with Gasteiger partial charge in [0.15, 0.2) is 0 Å². The van der Waals surface area contributed by atoms with Crippen molar-refractivity contribution in [3.63, 3.8) is 0 Å². The largest absolute Gasteiger partial charge is 0.444 e. The van der Waals surface area contributed by atoms with Gasteiger partial charge in [0, 0.05) is 30.6 Å². The predicted molar refractivity (Wildman–Crippen MR) is 228 cm³/mol. The van der Waals surface area contributed by atoms with Crippen LogP contribution in [-0.4, -0.2) is 88.5 Å². The third-order valence-electron chi connectivity index (χ3n) is 11.1. The van der Waals surface area contributed by atoms with Crippen LogP contribution >= 0.6 is 0 Å². The first-order valence-corrected chi connectivity index (χ1v) is 22.1. The summed E-state index contributed by atoms with van der Waals surface area (Å²) >= 11 is 0. The van der Waals surface area contributed by atoms with E-state index < -0.39 is 91.9 Å². The number of carbonyl (C=O) groups is 3. The Morgan fingerprint density at radius 2 is 1.64 bits per heavy atom. The van der Waals surface area contributed by atoms with Gasteiger partial charge in [-0.3, -0.25) is 24.6 Å². The number of halogens is 1. The van der Waals surface area contributed by atoms with Gasteiger partial charge in [-0.25, -0.2) is 17.6 Å². The molecule has 3 amide bonds. The van der Waals surface area contributed by atoms with E-state index in [2.05, 4.69) is 10.6 Å². The molecule has 3 aromatic rings. The second-order valence-corrected chi connectivity index (χ2v) is 21.1. The lowest BCUT2D eigenvalue weighted by Crippen LogP contribution is -2.58. The van der Waals surface area contributed by atoms with Crippen molar-refractivity contribution in [3.8, 4) is 0 Å². The number of carbonyl (C=O) groups excluding carboxylic acids is 3. The summed E-state index contributed by atoms with van der Waals surface area (Å²) in [5.41, 5.74) is -2.54. The average Bonchev–Trinajstić information content (AvgIpc) is 4.08. The molecule has 0 saturated heterocycles. The minimum Gasteiger partial charge on any atom is -0.444 e. The van der Waals surface area contributed by atoms with E-state index in [0.717, 1.165) is 15.9 Å². The fraction of sp³-hybridized carbons (Fsp3) is 0.533. The van der Waals surface area contributed by atoms with Gasteiger partial charge in [-0.2, -0.15) is 4.31 Å². The first-order valence-electron chi connectivity index (χ1n) is 20.6. The van der Waals surface area contributed by atoms with Crippen LogP contribution in [0, 0.1) is 34.2 Å². The Kier molecular flexibility index (Phi) is 13.8. The number of nitro groups is 1. The highest BCUT2D eigenvalue weighted by atomic mass is 32.2. The normalized spacial score (nSPS) is 19.5. The van der Waals surface area contributed by atoms with Gasteiger partial charge < -0.3 is 20.5 Å². The predicted octanol–water partition coefficient (Wildman–Crippen LogP) is 6.94. The molecule has 0 aromatic heterocycles. The number of aryl methyl sites for hydroxylation is 1. The molecule has 2 fully saturated rings. The summed E-state index contributed by atoms with van der Waals surface area (Å²) in [5.74, 6) is -2.42. The molecule has 0 radical (unpaired) electrons. The second-order valence-electron chi connectivity index (χ2n) is 19.1. The van der Waals surface area contributed by atoms with Crippen molar-refractivity contribution >= 4 is 33.6 Å². The molecule has 2 saturated carbocycles. The Balaban J connectivity index is 1.45. The number of amides is 3. The minimum atomic E-state index is -4.39. The molecule has 0 aliphatic heterocycles. The molecule has 0 heterocycles. The maximum atomic E-state index is 14.6. The Bertz CT molecular complexity index is 2220. The van der Waals surface area contributed by atoms with Crippen molar-refractivity contribution in [2.24, 2.45) is 11.3 Å². The Morgan fingerprint density at radius 1 is 0.984 bits per heavy atom. The number of rotatable bonds is 17. The monoisotopic (exact) mass is 865 g/mol. The van der Waals surface area contributed by atoms with Gasteiger partial charge in [0.05, 0.1) is 27.0 Å². The van der Waals surface area contributed by atoms with E-state index in [1.165, 1.54) is 36.1 Å². The Hall–Kier alpha value is -4.93. The topological polar surface area (TPSA) is 188 Å². The van der Waals surface area contributed by atoms with Crippen LogP contribution in [0.4, 0.5) is 14.9 Å². The van der Waals surface area contributed by atoms with Crippen molar-refractivity contribution in [1.29, 1.82) is 0 Å². The van der Waals surface area contributed by atoms with E-state index in [1.807, 2.05) is 51.1 Å². The van der Waals surface area contributed by atoms with Gasteiger partial charge >= 0.3 is 6.09 Å². The second kappa shape index (κ2) is 17.8. The maximum absolute atomic E-state index is 14.6. The van der Waals surface area contributed by atoms with Gasteiger partial charge in [0.1, 0.15) is 24.0 Å². The summed E-state index contributed by atoms with van der Waals surface area (Å²) in [6.45, 7) is 14.9. The smallest absolute Gasteiger partial charge is 0.411 e. The lowest BCUT2D eigenvalue weighted by atomic mass is 9.87. The summed E-state index contributed by atoms with van der Waals surface area (Å²) < 4.78 is 49.7. The van der Waals surface area contributed by atoms with Crippen molar-refractivity contribution < 1.29 is 42.0 Å². The molecule has 2 aliphatic carbocycles. The first kappa shape index (κ1) is 47.1. The van der Waals surface area contributed by atoms with E-state index in [-0.39, 0.29) is 41.5 Å². The third kappa shape index (κ3) is 11.3. The van der Waals surface area contributed by atoms with Gasteiger partial charge in [-0.1, -0.05) is 83.1 Å². The third-order valence-corrected chi connectivity index (χ3v) is 12.9. The standard InChI is InChI=1S/C45H60FN5O9S/c1-29(2)26-49(61(58,59)34-19-18-30(3)37(23-34)51(56)57)27-38(52)45(24-35(45)31-14-11-10-12-15-31)48-40(54)36(25-42(4,5)6)47-39(53)28-50(41(55)60-43(7,8)9)44(20-21-44)32-16-13-17-33(46)22-32/h10-19,22-23,29,35-36,38,52H,20-21,24-28H2,1-9H3,(H,47,53)(H,48,54)/t35?,36-,38+,45?/m0/s1. The van der Waals surface area contributed by atoms with Gasteiger partial charge in [-0.05, 0) is 94.0 Å². The summed E-state index contributed by atoms with van der Waals surface area (Å²) in [7, 11) is -4.39. The van der Waals surface area contributed by atoms with E-state index in [4.69, 9.17) is 4.74 Å². The number of aliphatic hydroxyl groups is 1. The molecule has 0 spiro atoms. The van der Waals surface area contributed by atoms with E-state index in [0.29, 0.717) is 18.4 Å². The number of nitrogens with one attached hydrogen (secondary N) is 2. The molecule has 5 rings (SSSR count). The van der Waals surface area contributed by atoms with Gasteiger partial charge in [0.2, 0.25) is 21.8 Å². The number of benzene rings is 3. The van der Waals surface area contributed by atoms with Crippen molar-refractivity contribution in [1.82, 2.24) is 19.8 Å². The summed E-state index contributed by atoms with van der Waals surface area (Å²) in [6.07, 6.45) is -0.928. The Labute approximate surface area is 358 Å². The van der Waals surface area contributed by atoms with Crippen LogP contribution in [0.3, 0.4) is 0 Å². The van der Waals surface area contributed by atoms with Crippen LogP contribution < -0.4 is 10.6 Å². The van der Waals surface area contributed by atoms with Crippen molar-refractivity contribution in [2.45, 2.75) is 128 Å². The summed E-state index contributed by atoms with van der Waals surface area (Å²) in [4.78, 5) is 54.6. The average molecular weight is 866 g/mol. The lowest BCUT2D eigenvalue weighted by Gasteiger charge is -2.35. The van der Waals surface area contributed by atoms with E-state index in [1.54, 1.807) is 46.8 Å². The molecule has 4 atom stereocenters. The van der Waals surface area contributed by atoms with Crippen LogP contribution in [0.2, 0.25) is 0 Å². The van der Waals surface area contributed by atoms with Gasteiger partial charge in [0.25, 0.3) is 5.69 Å². The summed E-state index contributed by atoms with van der Waals surface area (Å²) in [5, 5.41) is 29.8. The fourth-order valence-corrected chi connectivity index (χ4v) is 9.57. The number of aliphatic hydroxyl groups excluding tert-OH is 1. The van der Waals surface area contributed by atoms with Gasteiger partial charge in [-0.15, -0.1) is 0 Å². The van der Waals surface area contributed by atoms with E-state index in [9.17, 15) is 42.4 Å². The molecule has 2 aliphatic rings. The molecule has 14 nitrogen and oxygen atoms in total. The fourth-order valence-electron chi connectivity index (χ4n) is 7.94. The lowest BCUT2D eigenvalue weighted by molar-refractivity contribution is -0.385. The molecule has 332 valence electrons. The SMILES string of the molecule is Cc1ccc(S(=O)(=O)N(CC(C)C)C[C@@H](O)C2(NC(=O)[C@H](CC(C)(C)C)NC(=O)CN(C(=O)OC(C)(C)C)C3(c4cccc(F)c4)CC3)CC2c2ccccc2)cc1[N+](=O)[O-]. The number of nitro benzene ring substituents is 1. The molecule has 61 heavy (non-hydrogen) atoms. The molecule has 2 unspecified atom stereocenters.